The molecule has 2 saturated heterocycles. The largest absolute Gasteiger partial charge is 0.384 e. The van der Waals surface area contributed by atoms with Crippen molar-refractivity contribution in [2.75, 3.05) is 53.0 Å². The molecule has 0 unspecified atom stereocenters. The van der Waals surface area contributed by atoms with Crippen molar-refractivity contribution in [1.82, 2.24) is 9.80 Å². The van der Waals surface area contributed by atoms with Crippen LogP contribution in [0.5, 0.6) is 0 Å². The Morgan fingerprint density at radius 3 is 2.68 bits per heavy atom. The van der Waals surface area contributed by atoms with Crippen LogP contribution in [0.2, 0.25) is 0 Å². The number of hydrogen-bond acceptors (Lipinski definition) is 3. The summed E-state index contributed by atoms with van der Waals surface area (Å²) >= 11 is 0. The summed E-state index contributed by atoms with van der Waals surface area (Å²) in [6, 6.07) is 10.9. The molecule has 2 atom stereocenters. The molecular formula is C19H30N2O. The third kappa shape index (κ3) is 3.37. The highest BCUT2D eigenvalue weighted by Crippen LogP contribution is 2.43. The van der Waals surface area contributed by atoms with E-state index in [2.05, 4.69) is 47.1 Å². The van der Waals surface area contributed by atoms with Crippen LogP contribution in [0, 0.1) is 11.3 Å². The first-order valence-electron chi connectivity index (χ1n) is 8.73. The van der Waals surface area contributed by atoms with E-state index in [1.807, 2.05) is 7.11 Å². The molecule has 2 aliphatic heterocycles. The van der Waals surface area contributed by atoms with Gasteiger partial charge >= 0.3 is 0 Å². The van der Waals surface area contributed by atoms with E-state index in [9.17, 15) is 0 Å². The van der Waals surface area contributed by atoms with Crippen LogP contribution in [0.4, 0.5) is 0 Å². The fourth-order valence-electron chi connectivity index (χ4n) is 4.39. The third-order valence-corrected chi connectivity index (χ3v) is 5.72. The molecule has 1 aromatic rings. The zero-order chi connectivity index (χ0) is 15.4. The quantitative estimate of drug-likeness (QED) is 0.803. The molecule has 0 bridgehead atoms. The maximum Gasteiger partial charge on any atom is 0.0509 e. The predicted molar refractivity (Wildman–Crippen MR) is 91.1 cm³/mol. The first kappa shape index (κ1) is 16.0. The maximum atomic E-state index is 5.52. The molecule has 0 aromatic heterocycles. The van der Waals surface area contributed by atoms with Gasteiger partial charge in [-0.25, -0.2) is 0 Å². The van der Waals surface area contributed by atoms with Crippen LogP contribution in [0.1, 0.15) is 18.9 Å². The van der Waals surface area contributed by atoms with E-state index in [-0.39, 0.29) is 0 Å². The number of nitrogens with zero attached hydrogens (tertiary/aromatic N) is 2. The van der Waals surface area contributed by atoms with E-state index in [0.717, 1.165) is 6.61 Å². The Hall–Kier alpha value is -0.900. The molecule has 2 fully saturated rings. The van der Waals surface area contributed by atoms with E-state index >= 15 is 0 Å². The van der Waals surface area contributed by atoms with Gasteiger partial charge in [0, 0.05) is 44.6 Å². The Bertz CT molecular complexity index is 464. The Balaban J connectivity index is 1.58. The van der Waals surface area contributed by atoms with Crippen LogP contribution >= 0.6 is 0 Å². The van der Waals surface area contributed by atoms with Crippen LogP contribution in [0.25, 0.3) is 0 Å². The second-order valence-corrected chi connectivity index (χ2v) is 7.10. The Kier molecular flexibility index (Phi) is 5.17. The number of likely N-dealkylation sites (tertiary alicyclic amines) is 2. The lowest BCUT2D eigenvalue weighted by Crippen LogP contribution is -2.36. The van der Waals surface area contributed by atoms with Crippen LogP contribution in [-0.2, 0) is 11.2 Å². The smallest absolute Gasteiger partial charge is 0.0509 e. The summed E-state index contributed by atoms with van der Waals surface area (Å²) in [7, 11) is 1.85. The first-order chi connectivity index (χ1) is 10.8. The lowest BCUT2D eigenvalue weighted by Gasteiger charge is -2.30. The van der Waals surface area contributed by atoms with Crippen molar-refractivity contribution in [1.29, 1.82) is 0 Å². The van der Waals surface area contributed by atoms with Gasteiger partial charge in [0.15, 0.2) is 0 Å². The van der Waals surface area contributed by atoms with Crippen molar-refractivity contribution >= 4 is 0 Å². The van der Waals surface area contributed by atoms with E-state index < -0.39 is 0 Å². The lowest BCUT2D eigenvalue weighted by molar-refractivity contribution is 0.0965. The molecule has 0 aliphatic carbocycles. The Morgan fingerprint density at radius 1 is 1.18 bits per heavy atom. The standard InChI is InChI=1S/C19H30N2O/c1-3-20-13-18(14-22-2)19(15-20)10-12-21(16-19)11-9-17-7-5-4-6-8-17/h4-8,18H,3,9-16H2,1-2H3/t18-,19-/m1/s1. The van der Waals surface area contributed by atoms with E-state index in [1.54, 1.807) is 0 Å². The molecule has 3 heteroatoms. The van der Waals surface area contributed by atoms with Gasteiger partial charge in [-0.05, 0) is 31.5 Å². The molecule has 2 heterocycles. The molecule has 1 spiro atoms. The summed E-state index contributed by atoms with van der Waals surface area (Å²) in [5.74, 6) is 0.708. The zero-order valence-electron chi connectivity index (χ0n) is 14.1. The highest BCUT2D eigenvalue weighted by Gasteiger charge is 2.49. The summed E-state index contributed by atoms with van der Waals surface area (Å²) in [6.07, 6.45) is 2.51. The normalized spacial score (nSPS) is 29.6. The van der Waals surface area contributed by atoms with Gasteiger partial charge in [-0.2, -0.15) is 0 Å². The molecule has 2 aliphatic rings. The number of hydrogen-bond donors (Lipinski definition) is 0. The molecule has 3 nitrogen and oxygen atoms in total. The van der Waals surface area contributed by atoms with E-state index in [4.69, 9.17) is 4.74 Å². The number of ether oxygens (including phenoxy) is 1. The van der Waals surface area contributed by atoms with Crippen molar-refractivity contribution in [3.63, 3.8) is 0 Å². The van der Waals surface area contributed by atoms with Crippen LogP contribution in [0.3, 0.4) is 0 Å². The van der Waals surface area contributed by atoms with Gasteiger partial charge in [-0.15, -0.1) is 0 Å². The highest BCUT2D eigenvalue weighted by molar-refractivity contribution is 5.15. The summed E-state index contributed by atoms with van der Waals surface area (Å²) in [4.78, 5) is 5.29. The third-order valence-electron chi connectivity index (χ3n) is 5.72. The van der Waals surface area contributed by atoms with E-state index in [1.165, 1.54) is 57.7 Å². The minimum Gasteiger partial charge on any atom is -0.384 e. The van der Waals surface area contributed by atoms with Gasteiger partial charge < -0.3 is 14.5 Å². The monoisotopic (exact) mass is 302 g/mol. The van der Waals surface area contributed by atoms with Crippen molar-refractivity contribution < 1.29 is 4.74 Å². The average Bonchev–Trinajstić information content (AvgIpc) is 3.12. The van der Waals surface area contributed by atoms with Crippen molar-refractivity contribution in [2.45, 2.75) is 19.8 Å². The van der Waals surface area contributed by atoms with E-state index in [0.29, 0.717) is 11.3 Å². The number of methoxy groups -OCH3 is 1. The lowest BCUT2D eigenvalue weighted by atomic mass is 9.77. The minimum atomic E-state index is 0.475. The first-order valence-corrected chi connectivity index (χ1v) is 8.73. The molecule has 22 heavy (non-hydrogen) atoms. The summed E-state index contributed by atoms with van der Waals surface area (Å²) in [5, 5.41) is 0. The Morgan fingerprint density at radius 2 is 1.95 bits per heavy atom. The fourth-order valence-corrected chi connectivity index (χ4v) is 4.39. The highest BCUT2D eigenvalue weighted by atomic mass is 16.5. The SMILES string of the molecule is CCN1C[C@H](COC)[C@]2(CCN(CCc3ccccc3)C2)C1. The average molecular weight is 302 g/mol. The summed E-state index contributed by atoms with van der Waals surface area (Å²) < 4.78 is 5.52. The van der Waals surface area contributed by atoms with Crippen LogP contribution in [-0.4, -0.2) is 62.8 Å². The van der Waals surface area contributed by atoms with Crippen molar-refractivity contribution in [3.8, 4) is 0 Å². The topological polar surface area (TPSA) is 15.7 Å². The summed E-state index contributed by atoms with van der Waals surface area (Å²) in [6.45, 7) is 10.6. The van der Waals surface area contributed by atoms with Gasteiger partial charge in [0.2, 0.25) is 0 Å². The van der Waals surface area contributed by atoms with Crippen LogP contribution in [0.15, 0.2) is 30.3 Å². The molecule has 0 radical (unpaired) electrons. The minimum absolute atomic E-state index is 0.475. The van der Waals surface area contributed by atoms with Crippen LogP contribution < -0.4 is 0 Å². The number of rotatable bonds is 6. The van der Waals surface area contributed by atoms with Gasteiger partial charge in [-0.3, -0.25) is 0 Å². The van der Waals surface area contributed by atoms with Crippen molar-refractivity contribution in [2.24, 2.45) is 11.3 Å². The predicted octanol–water partition coefficient (Wildman–Crippen LogP) is 2.52. The maximum absolute atomic E-state index is 5.52. The van der Waals surface area contributed by atoms with Gasteiger partial charge in [0.25, 0.3) is 0 Å². The molecule has 122 valence electrons. The van der Waals surface area contributed by atoms with Gasteiger partial charge in [-0.1, -0.05) is 37.3 Å². The fraction of sp³-hybridized carbons (Fsp3) is 0.684. The number of benzene rings is 1. The van der Waals surface area contributed by atoms with Gasteiger partial charge in [0.05, 0.1) is 6.61 Å². The molecule has 0 amide bonds. The molecular weight excluding hydrogens is 272 g/mol. The Labute approximate surface area is 135 Å². The van der Waals surface area contributed by atoms with Gasteiger partial charge in [0.1, 0.15) is 0 Å². The second kappa shape index (κ2) is 7.12. The molecule has 0 saturated carbocycles. The summed E-state index contributed by atoms with van der Waals surface area (Å²) in [5.41, 5.74) is 1.93. The molecule has 3 rings (SSSR count). The van der Waals surface area contributed by atoms with Crippen molar-refractivity contribution in [3.05, 3.63) is 35.9 Å². The zero-order valence-corrected chi connectivity index (χ0v) is 14.1. The molecule has 0 N–H and O–H groups in total. The second-order valence-electron chi connectivity index (χ2n) is 7.10. The molecule has 1 aromatic carbocycles.